The molecule has 1 saturated heterocycles. The Morgan fingerprint density at radius 2 is 2.14 bits per heavy atom. The average Bonchev–Trinajstić information content (AvgIpc) is 3.07. The third-order valence-electron chi connectivity index (χ3n) is 5.21. The minimum atomic E-state index is 0. The van der Waals surface area contributed by atoms with Gasteiger partial charge in [0.1, 0.15) is 5.75 Å². The number of benzene rings is 1. The number of nitrogens with two attached hydrogens (primary N) is 1. The monoisotopic (exact) mass is 328 g/mol. The minimum absolute atomic E-state index is 0. The van der Waals surface area contributed by atoms with E-state index in [-0.39, 0.29) is 12.4 Å². The van der Waals surface area contributed by atoms with Gasteiger partial charge < -0.3 is 10.5 Å². The van der Waals surface area contributed by atoms with E-state index in [4.69, 9.17) is 22.1 Å². The van der Waals surface area contributed by atoms with E-state index in [0.717, 1.165) is 42.8 Å². The van der Waals surface area contributed by atoms with Gasteiger partial charge in [-0.15, -0.1) is 12.4 Å². The van der Waals surface area contributed by atoms with E-state index in [2.05, 4.69) is 11.0 Å². The molecule has 3 aliphatic rings. The number of ether oxygens (including phenoxy) is 1. The Morgan fingerprint density at radius 1 is 1.29 bits per heavy atom. The fourth-order valence-electron chi connectivity index (χ4n) is 4.23. The van der Waals surface area contributed by atoms with Crippen LogP contribution < -0.4 is 10.5 Å². The predicted molar refractivity (Wildman–Crippen MR) is 87.4 cm³/mol. The number of likely N-dealkylation sites (tertiary alicyclic amines) is 1. The lowest BCUT2D eigenvalue weighted by Crippen LogP contribution is -2.30. The fraction of sp³-hybridized carbons (Fsp3) is 0.625. The molecule has 2 aliphatic heterocycles. The maximum atomic E-state index is 6.24. The molecule has 3 nitrogen and oxygen atoms in total. The van der Waals surface area contributed by atoms with Crippen molar-refractivity contribution in [2.24, 2.45) is 17.6 Å². The zero-order chi connectivity index (χ0) is 13.7. The Bertz CT molecular complexity index is 537. The van der Waals surface area contributed by atoms with Gasteiger partial charge in [-0.25, -0.2) is 0 Å². The van der Waals surface area contributed by atoms with Crippen molar-refractivity contribution >= 4 is 24.0 Å². The van der Waals surface area contributed by atoms with Crippen LogP contribution in [0.1, 0.15) is 24.0 Å². The third kappa shape index (κ3) is 2.77. The first-order valence-corrected chi connectivity index (χ1v) is 8.00. The molecular weight excluding hydrogens is 307 g/mol. The van der Waals surface area contributed by atoms with Crippen LogP contribution in [0.15, 0.2) is 12.1 Å². The molecule has 0 bridgehead atoms. The van der Waals surface area contributed by atoms with Gasteiger partial charge in [0.05, 0.1) is 6.61 Å². The van der Waals surface area contributed by atoms with Crippen LogP contribution in [0.25, 0.3) is 0 Å². The Morgan fingerprint density at radius 3 is 2.95 bits per heavy atom. The predicted octanol–water partition coefficient (Wildman–Crippen LogP) is 2.87. The van der Waals surface area contributed by atoms with Crippen molar-refractivity contribution in [1.29, 1.82) is 0 Å². The first-order valence-electron chi connectivity index (χ1n) is 7.63. The molecule has 1 aromatic rings. The minimum Gasteiger partial charge on any atom is -0.493 e. The van der Waals surface area contributed by atoms with Crippen LogP contribution in [0, 0.1) is 11.8 Å². The maximum Gasteiger partial charge on any atom is 0.127 e. The molecule has 116 valence electrons. The van der Waals surface area contributed by atoms with E-state index in [0.29, 0.717) is 12.0 Å². The van der Waals surface area contributed by atoms with E-state index in [1.807, 2.05) is 6.07 Å². The summed E-state index contributed by atoms with van der Waals surface area (Å²) in [6, 6.07) is 4.52. The lowest BCUT2D eigenvalue weighted by molar-refractivity contribution is 0.288. The quantitative estimate of drug-likeness (QED) is 0.907. The topological polar surface area (TPSA) is 38.5 Å². The summed E-state index contributed by atoms with van der Waals surface area (Å²) in [5.41, 5.74) is 8.73. The molecule has 1 aliphatic carbocycles. The van der Waals surface area contributed by atoms with Crippen molar-refractivity contribution in [2.45, 2.75) is 31.8 Å². The SMILES string of the molecule is Cl.NC1CCC2CN(Cc3cc(Cl)cc4c3OCC4)CC12. The van der Waals surface area contributed by atoms with Crippen LogP contribution in [0.3, 0.4) is 0 Å². The van der Waals surface area contributed by atoms with Gasteiger partial charge in [-0.05, 0) is 42.4 Å². The van der Waals surface area contributed by atoms with Gasteiger partial charge in [-0.1, -0.05) is 11.6 Å². The zero-order valence-corrected chi connectivity index (χ0v) is 13.6. The van der Waals surface area contributed by atoms with E-state index >= 15 is 0 Å². The second kappa shape index (κ2) is 5.96. The molecule has 3 unspecified atom stereocenters. The standard InChI is InChI=1S/C16H21ClN2O.ClH/c17-13-5-10-3-4-20-16(10)12(6-13)8-19-7-11-1-2-15(18)14(11)9-19;/h5-6,11,14-15H,1-4,7-9,18H2;1H. The summed E-state index contributed by atoms with van der Waals surface area (Å²) in [7, 11) is 0. The molecule has 5 heteroatoms. The van der Waals surface area contributed by atoms with E-state index in [9.17, 15) is 0 Å². The normalized spacial score (nSPS) is 30.7. The molecule has 3 atom stereocenters. The third-order valence-corrected chi connectivity index (χ3v) is 5.43. The van der Waals surface area contributed by atoms with Gasteiger partial charge in [0.2, 0.25) is 0 Å². The molecule has 0 amide bonds. The summed E-state index contributed by atoms with van der Waals surface area (Å²) in [6.45, 7) is 4.05. The van der Waals surface area contributed by atoms with Crippen molar-refractivity contribution in [3.8, 4) is 5.75 Å². The summed E-state index contributed by atoms with van der Waals surface area (Å²) >= 11 is 6.24. The highest BCUT2D eigenvalue weighted by Gasteiger charge is 2.41. The van der Waals surface area contributed by atoms with Crippen LogP contribution in [-0.2, 0) is 13.0 Å². The van der Waals surface area contributed by atoms with Gasteiger partial charge in [0, 0.05) is 42.7 Å². The lowest BCUT2D eigenvalue weighted by atomic mass is 9.98. The molecule has 1 aromatic carbocycles. The first-order chi connectivity index (χ1) is 9.70. The van der Waals surface area contributed by atoms with Crippen LogP contribution >= 0.6 is 24.0 Å². The summed E-state index contributed by atoms with van der Waals surface area (Å²) in [5.74, 6) is 2.58. The lowest BCUT2D eigenvalue weighted by Gasteiger charge is -2.20. The highest BCUT2D eigenvalue weighted by atomic mass is 35.5. The summed E-state index contributed by atoms with van der Waals surface area (Å²) in [6.07, 6.45) is 3.49. The largest absolute Gasteiger partial charge is 0.493 e. The number of rotatable bonds is 2. The average molecular weight is 329 g/mol. The number of hydrogen-bond acceptors (Lipinski definition) is 3. The number of hydrogen-bond donors (Lipinski definition) is 1. The van der Waals surface area contributed by atoms with Crippen molar-refractivity contribution in [2.75, 3.05) is 19.7 Å². The van der Waals surface area contributed by atoms with Crippen LogP contribution in [-0.4, -0.2) is 30.6 Å². The van der Waals surface area contributed by atoms with Crippen molar-refractivity contribution in [1.82, 2.24) is 4.90 Å². The molecule has 0 aromatic heterocycles. The summed E-state index contributed by atoms with van der Waals surface area (Å²) < 4.78 is 5.80. The maximum absolute atomic E-state index is 6.24. The molecule has 2 N–H and O–H groups in total. The van der Waals surface area contributed by atoms with E-state index in [1.54, 1.807) is 0 Å². The Balaban J connectivity index is 0.00000132. The smallest absolute Gasteiger partial charge is 0.127 e. The van der Waals surface area contributed by atoms with Crippen LogP contribution in [0.5, 0.6) is 5.75 Å². The van der Waals surface area contributed by atoms with Gasteiger partial charge in [-0.3, -0.25) is 4.90 Å². The number of halogens is 2. The zero-order valence-electron chi connectivity index (χ0n) is 12.1. The van der Waals surface area contributed by atoms with Gasteiger partial charge in [0.15, 0.2) is 0 Å². The van der Waals surface area contributed by atoms with Crippen LogP contribution in [0.2, 0.25) is 5.02 Å². The Labute approximate surface area is 137 Å². The molecule has 1 saturated carbocycles. The Hall–Kier alpha value is -0.480. The summed E-state index contributed by atoms with van der Waals surface area (Å²) in [4.78, 5) is 2.53. The van der Waals surface area contributed by atoms with Gasteiger partial charge >= 0.3 is 0 Å². The number of nitrogens with zero attached hydrogens (tertiary/aromatic N) is 1. The second-order valence-corrected chi connectivity index (χ2v) is 6.95. The van der Waals surface area contributed by atoms with E-state index < -0.39 is 0 Å². The van der Waals surface area contributed by atoms with E-state index in [1.165, 1.54) is 30.5 Å². The highest BCUT2D eigenvalue weighted by molar-refractivity contribution is 6.30. The second-order valence-electron chi connectivity index (χ2n) is 6.51. The van der Waals surface area contributed by atoms with Gasteiger partial charge in [-0.2, -0.15) is 0 Å². The molecular formula is C16H22Cl2N2O. The molecule has 2 heterocycles. The Kier molecular flexibility index (Phi) is 4.37. The molecule has 0 spiro atoms. The van der Waals surface area contributed by atoms with Crippen molar-refractivity contribution < 1.29 is 4.74 Å². The highest BCUT2D eigenvalue weighted by Crippen LogP contribution is 2.39. The van der Waals surface area contributed by atoms with Crippen molar-refractivity contribution in [3.05, 3.63) is 28.3 Å². The van der Waals surface area contributed by atoms with Gasteiger partial charge in [0.25, 0.3) is 0 Å². The molecule has 2 fully saturated rings. The molecule has 0 radical (unpaired) electrons. The van der Waals surface area contributed by atoms with Crippen molar-refractivity contribution in [3.63, 3.8) is 0 Å². The summed E-state index contributed by atoms with van der Waals surface area (Å²) in [5, 5.41) is 0.834. The first kappa shape index (κ1) is 15.4. The molecule has 4 rings (SSSR count). The van der Waals surface area contributed by atoms with Crippen LogP contribution in [0.4, 0.5) is 0 Å². The fourth-order valence-corrected chi connectivity index (χ4v) is 4.50. The number of fused-ring (bicyclic) bond motifs is 2. The molecule has 21 heavy (non-hydrogen) atoms.